The lowest BCUT2D eigenvalue weighted by atomic mass is 9.92. The number of nitrogens with zero attached hydrogens (tertiary/aromatic N) is 3. The normalized spacial score (nSPS) is 15.2. The van der Waals surface area contributed by atoms with Crippen molar-refractivity contribution in [2.75, 3.05) is 45.0 Å². The number of piperidine rings is 1. The van der Waals surface area contributed by atoms with Gasteiger partial charge in [-0.3, -0.25) is 67.9 Å². The molecule has 1 unspecified atom stereocenters. The quantitative estimate of drug-likeness (QED) is 0.00964. The van der Waals surface area contributed by atoms with Crippen LogP contribution in [-0.2, 0) is 101 Å². The molecule has 1 fully saturated rings. The molecule has 0 bridgehead atoms. The monoisotopic (exact) mass is 1760 g/mol. The lowest BCUT2D eigenvalue weighted by Crippen LogP contribution is -2.59. The number of ether oxygens (including phenoxy) is 3. The van der Waals surface area contributed by atoms with Crippen LogP contribution < -0.4 is 58.7 Å². The summed E-state index contributed by atoms with van der Waals surface area (Å²) in [6.45, 7) is 11.4. The number of rotatable bonds is 52. The number of aliphatic carboxylic acids is 6. The van der Waals surface area contributed by atoms with E-state index in [-0.39, 0.29) is 91.7 Å². The number of carboxylic acids is 6. The number of carbonyl (C=O) groups excluding carboxylic acids is 12. The van der Waals surface area contributed by atoms with Crippen LogP contribution in [0.3, 0.4) is 0 Å². The van der Waals surface area contributed by atoms with E-state index < -0.39 is 212 Å². The molecule has 1 aliphatic heterocycles. The van der Waals surface area contributed by atoms with Crippen LogP contribution in [-0.4, -0.2) is 257 Å². The Morgan fingerprint density at radius 1 is 0.636 bits per heavy atom. The fourth-order valence-corrected chi connectivity index (χ4v) is 14.9. The van der Waals surface area contributed by atoms with Crippen LogP contribution >= 0.6 is 32.9 Å². The molecule has 1 aliphatic rings. The Balaban J connectivity index is 1.30. The van der Waals surface area contributed by atoms with Crippen LogP contribution in [0.5, 0.6) is 5.75 Å². The van der Waals surface area contributed by atoms with Gasteiger partial charge >= 0.3 is 65.9 Å². The van der Waals surface area contributed by atoms with Crippen molar-refractivity contribution in [3.05, 3.63) is 81.3 Å². The first-order valence-electron chi connectivity index (χ1n) is 38.7. The number of likely N-dealkylation sites (tertiary alicyclic amines) is 1. The van der Waals surface area contributed by atoms with Gasteiger partial charge in [-0.05, 0) is 99.2 Å². The number of urea groups is 2. The molecule has 4 rings (SSSR count). The molecule has 12 amide bonds. The number of benzene rings is 2. The third-order valence-corrected chi connectivity index (χ3v) is 22.1. The topological polar surface area (TPSA) is 628 Å². The van der Waals surface area contributed by atoms with Gasteiger partial charge in [0.1, 0.15) is 59.3 Å². The number of hydrogen-bond donors (Lipinski definition) is 18. The first-order valence-corrected chi connectivity index (χ1v) is 42.1. The second kappa shape index (κ2) is 52.4. The standard InChI is InChI=1S/C76H108N14O28S3/c1-9-13-62(100)117-39-90(70(106)63(41(5)10-2)86-68(105)55-14-11-12-27-89(55)8)56(40(3)4)35-57(118-43(7)91)69-83-53(37-119-69)67(104)79-47(31-44-19-21-48(92)22-20-44)30-42(6)64(101)87-88-76(115)116-28-29-120-121-38-54(73(111)112)82-66(103)52(34-61(98)99)81-65(102)51(33-60(96)97)80-58(93)32-45-15-17-46(18-16-45)36-78-74(113)77-26-25-50(72(109)110)85-75(114)84-49(71(107)108)23-24-59(94)95/h15-22,37,40-42,47,49-52,54-57,63,92H,9-14,23-36,38-39H2,1-8H3,(H,79,104)(H,80,93)(H,81,102)(H,82,103)(H,86,105)(H,87,101)(H,88,115)(H,94,95)(H,96,97)(H,98,99)(H,107,108)(H,109,110)(H,111,112)(H2,77,78,113)(H2,84,85,114)/t41?,42-,47+,49+,50+,51-,52-,54+,55+,56+,57+,63-/m0/s1. The van der Waals surface area contributed by atoms with Crippen molar-refractivity contribution in [1.82, 2.24) is 73.5 Å². The fourth-order valence-electron chi connectivity index (χ4n) is 12.1. The van der Waals surface area contributed by atoms with Crippen LogP contribution in [0.25, 0.3) is 0 Å². The Bertz CT molecular complexity index is 4070. The molecule has 12 atom stereocenters. The van der Waals surface area contributed by atoms with Crippen LogP contribution in [0.1, 0.15) is 170 Å². The van der Waals surface area contributed by atoms with Gasteiger partial charge in [0.15, 0.2) is 12.8 Å². The van der Waals surface area contributed by atoms with E-state index >= 15 is 4.79 Å². The molecular formula is C76H108N14O28S3. The molecule has 121 heavy (non-hydrogen) atoms. The highest BCUT2D eigenvalue weighted by Crippen LogP contribution is 2.33. The van der Waals surface area contributed by atoms with E-state index in [2.05, 4.69) is 53.1 Å². The number of hydrazine groups is 1. The lowest BCUT2D eigenvalue weighted by molar-refractivity contribution is -0.161. The smallest absolute Gasteiger partial charge is 0.426 e. The zero-order chi connectivity index (χ0) is 90.2. The molecule has 1 aromatic heterocycles. The average Bonchev–Trinajstić information content (AvgIpc) is 1.74. The molecule has 0 aliphatic carbocycles. The van der Waals surface area contributed by atoms with Crippen LogP contribution in [0.4, 0.5) is 14.4 Å². The molecule has 2 heterocycles. The number of carbonyl (C=O) groups is 18. The minimum Gasteiger partial charge on any atom is -0.508 e. The van der Waals surface area contributed by atoms with E-state index in [1.54, 1.807) is 19.1 Å². The highest BCUT2D eigenvalue weighted by atomic mass is 33.1. The first kappa shape index (κ1) is 102. The van der Waals surface area contributed by atoms with E-state index in [0.29, 0.717) is 42.5 Å². The summed E-state index contributed by atoms with van der Waals surface area (Å²) in [6.07, 6.45) is -2.98. The van der Waals surface area contributed by atoms with Gasteiger partial charge in [-0.15, -0.1) is 11.3 Å². The summed E-state index contributed by atoms with van der Waals surface area (Å²) >= 11 is 0.998. The van der Waals surface area contributed by atoms with Crippen molar-refractivity contribution in [2.24, 2.45) is 17.8 Å². The van der Waals surface area contributed by atoms with E-state index in [1.165, 1.54) is 60.5 Å². The number of hydrogen-bond acceptors (Lipinski definition) is 27. The minimum atomic E-state index is -2.01. The van der Waals surface area contributed by atoms with Crippen molar-refractivity contribution in [3.63, 3.8) is 0 Å². The van der Waals surface area contributed by atoms with E-state index in [1.807, 2.05) is 50.3 Å². The van der Waals surface area contributed by atoms with Crippen molar-refractivity contribution in [2.45, 2.75) is 212 Å². The van der Waals surface area contributed by atoms with E-state index in [4.69, 9.17) is 19.3 Å². The molecule has 668 valence electrons. The maximum Gasteiger partial charge on any atom is 0.426 e. The van der Waals surface area contributed by atoms with Gasteiger partial charge in [-0.2, -0.15) is 0 Å². The number of phenolic OH excluding ortho intramolecular Hbond substituents is 1. The SMILES string of the molecule is CCCC(=O)OCN(C(=O)[C@@H](NC(=O)[C@H]1CCCCN1C)C(C)CC)[C@H](C[C@@H](OC(C)=O)c1nc(C(=O)N[C@@H](Cc2ccc(O)cc2)C[C@H](C)C(=O)NNC(=O)OCCSSC[C@@H](NC(=O)[C@H](CC(=O)O)NC(=O)[C@H](CC(=O)O)NC(=O)Cc2ccc(CNC(=O)NCC[C@@H](NC(=O)N[C@H](CCC(=O)O)C(=O)O)C(=O)O)cc2)C(=O)O)cs1)C(C)C. The third-order valence-electron chi connectivity index (χ3n) is 18.8. The highest BCUT2D eigenvalue weighted by Gasteiger charge is 2.41. The molecule has 18 N–H and O–H groups in total. The molecule has 0 spiro atoms. The number of amides is 12. The van der Waals surface area contributed by atoms with Crippen LogP contribution in [0, 0.1) is 17.8 Å². The number of carboxylic acid groups (broad SMARTS) is 6. The maximum atomic E-state index is 15.0. The van der Waals surface area contributed by atoms with Crippen molar-refractivity contribution in [1.29, 1.82) is 0 Å². The van der Waals surface area contributed by atoms with Gasteiger partial charge in [-0.1, -0.05) is 112 Å². The summed E-state index contributed by atoms with van der Waals surface area (Å²) in [4.78, 5) is 238. The number of phenols is 1. The van der Waals surface area contributed by atoms with Gasteiger partial charge < -0.3 is 103 Å². The number of likely N-dealkylation sites (N-methyl/N-ethyl adjacent to an activating group) is 1. The summed E-state index contributed by atoms with van der Waals surface area (Å²) in [5, 5.41) is 89.7. The predicted molar refractivity (Wildman–Crippen MR) is 433 cm³/mol. The molecule has 1 saturated heterocycles. The molecule has 3 aromatic rings. The summed E-state index contributed by atoms with van der Waals surface area (Å²) in [5.41, 5.74) is 5.70. The number of thiazole rings is 1. The fraction of sp³-hybridized carbons (Fsp3) is 0.566. The third kappa shape index (κ3) is 37.7. The molecular weight excluding hydrogens is 1650 g/mol. The lowest BCUT2D eigenvalue weighted by Gasteiger charge is -2.39. The minimum absolute atomic E-state index is 0.00277. The van der Waals surface area contributed by atoms with Gasteiger partial charge in [0.05, 0.1) is 25.3 Å². The van der Waals surface area contributed by atoms with Crippen molar-refractivity contribution in [3.8, 4) is 5.75 Å². The second-order valence-corrected chi connectivity index (χ2v) is 32.3. The Hall–Kier alpha value is -11.6. The van der Waals surface area contributed by atoms with Crippen LogP contribution in [0.2, 0.25) is 0 Å². The molecule has 42 nitrogen and oxygen atoms in total. The average molecular weight is 1760 g/mol. The van der Waals surface area contributed by atoms with Gasteiger partial charge in [0.2, 0.25) is 35.4 Å². The summed E-state index contributed by atoms with van der Waals surface area (Å²) in [5.74, 6) is -18.5. The van der Waals surface area contributed by atoms with Crippen molar-refractivity contribution >= 4 is 140 Å². The predicted octanol–water partition coefficient (Wildman–Crippen LogP) is 2.51. The molecule has 2 aromatic carbocycles. The number of nitrogens with one attached hydrogen (secondary N) is 11. The molecule has 45 heteroatoms. The Morgan fingerprint density at radius 2 is 1.24 bits per heavy atom. The van der Waals surface area contributed by atoms with Gasteiger partial charge in [-0.25, -0.2) is 39.2 Å². The van der Waals surface area contributed by atoms with Crippen LogP contribution in [0.15, 0.2) is 53.9 Å². The number of esters is 2. The Labute approximate surface area is 708 Å². The second-order valence-electron chi connectivity index (χ2n) is 28.8. The summed E-state index contributed by atoms with van der Waals surface area (Å²) in [6, 6.07) is -2.07. The van der Waals surface area contributed by atoms with E-state index in [0.717, 1.165) is 45.8 Å². The first-order chi connectivity index (χ1) is 57.2. The highest BCUT2D eigenvalue weighted by molar-refractivity contribution is 8.76. The van der Waals surface area contributed by atoms with Gasteiger partial charge in [0, 0.05) is 74.2 Å². The molecule has 0 radical (unpaired) electrons. The number of aromatic nitrogens is 1. The summed E-state index contributed by atoms with van der Waals surface area (Å²) in [7, 11) is 3.68. The van der Waals surface area contributed by atoms with Crippen molar-refractivity contribution < 1.29 is 136 Å². The van der Waals surface area contributed by atoms with Gasteiger partial charge in [0.25, 0.3) is 5.91 Å². The summed E-state index contributed by atoms with van der Waals surface area (Å²) < 4.78 is 16.7. The molecule has 0 saturated carbocycles. The zero-order valence-electron chi connectivity index (χ0n) is 68.0. The maximum absolute atomic E-state index is 15.0. The zero-order valence-corrected chi connectivity index (χ0v) is 70.5. The Morgan fingerprint density at radius 3 is 1.82 bits per heavy atom. The largest absolute Gasteiger partial charge is 0.508 e. The van der Waals surface area contributed by atoms with E-state index in [9.17, 15) is 112 Å². The number of aromatic hydroxyl groups is 1. The Kier molecular flexibility index (Phi) is 44.1.